The standard InChI is InChI=1S/C12H23NO4/c1-6-8(2)11(15)10(12(16)17)9(14)7-13(3,4)5/h8-10,14H,6-7H2,1-5H3/p+1/t8-,9-,10-/m0/s1. The Kier molecular flexibility index (Phi) is 5.78. The van der Waals surface area contributed by atoms with Gasteiger partial charge in [-0.3, -0.25) is 9.59 Å². The summed E-state index contributed by atoms with van der Waals surface area (Å²) in [7, 11) is 5.53. The number of ketones is 1. The molecule has 0 aromatic carbocycles. The number of nitrogens with zero attached hydrogens (tertiary/aromatic N) is 1. The first kappa shape index (κ1) is 16.1. The van der Waals surface area contributed by atoms with E-state index in [1.807, 2.05) is 28.1 Å². The summed E-state index contributed by atoms with van der Waals surface area (Å²) in [5.41, 5.74) is 0. The van der Waals surface area contributed by atoms with Crippen LogP contribution in [-0.2, 0) is 9.59 Å². The van der Waals surface area contributed by atoms with Crippen LogP contribution in [0.5, 0.6) is 0 Å². The number of likely N-dealkylation sites (N-methyl/N-ethyl adjacent to an activating group) is 1. The number of aliphatic carboxylic acids is 1. The molecule has 2 N–H and O–H groups in total. The third kappa shape index (κ3) is 5.28. The number of aliphatic hydroxyl groups is 1. The second-order valence-corrected chi connectivity index (χ2v) is 5.57. The molecule has 0 saturated heterocycles. The van der Waals surface area contributed by atoms with Crippen LogP contribution in [0.1, 0.15) is 20.3 Å². The van der Waals surface area contributed by atoms with Gasteiger partial charge >= 0.3 is 5.97 Å². The second-order valence-electron chi connectivity index (χ2n) is 5.57. The van der Waals surface area contributed by atoms with Crippen LogP contribution in [0.3, 0.4) is 0 Å². The van der Waals surface area contributed by atoms with Gasteiger partial charge in [0.05, 0.1) is 21.1 Å². The van der Waals surface area contributed by atoms with Gasteiger partial charge in [0.25, 0.3) is 0 Å². The van der Waals surface area contributed by atoms with Gasteiger partial charge in [0, 0.05) is 5.92 Å². The van der Waals surface area contributed by atoms with Crippen molar-refractivity contribution in [3.05, 3.63) is 0 Å². The SMILES string of the molecule is CC[C@H](C)C(=O)[C@@H](C(=O)O)[C@@H](O)C[N+](C)(C)C. The molecule has 17 heavy (non-hydrogen) atoms. The number of hydrogen-bond donors (Lipinski definition) is 2. The molecule has 0 unspecified atom stereocenters. The molecule has 0 aliphatic heterocycles. The molecule has 0 radical (unpaired) electrons. The van der Waals surface area contributed by atoms with Crippen molar-refractivity contribution in [1.82, 2.24) is 0 Å². The van der Waals surface area contributed by atoms with Gasteiger partial charge in [0.1, 0.15) is 18.6 Å². The minimum atomic E-state index is -1.32. The van der Waals surface area contributed by atoms with E-state index in [4.69, 9.17) is 5.11 Å². The van der Waals surface area contributed by atoms with E-state index < -0.39 is 18.0 Å². The van der Waals surface area contributed by atoms with Gasteiger partial charge in [0.2, 0.25) is 0 Å². The molecule has 0 bridgehead atoms. The third-order valence-electron chi connectivity index (χ3n) is 2.79. The number of aliphatic hydroxyl groups excluding tert-OH is 1. The van der Waals surface area contributed by atoms with Crippen LogP contribution in [0.25, 0.3) is 0 Å². The van der Waals surface area contributed by atoms with Gasteiger partial charge in [-0.15, -0.1) is 0 Å². The van der Waals surface area contributed by atoms with Crippen molar-refractivity contribution >= 4 is 11.8 Å². The molecule has 0 saturated carbocycles. The van der Waals surface area contributed by atoms with Crippen molar-refractivity contribution in [3.63, 3.8) is 0 Å². The topological polar surface area (TPSA) is 74.6 Å². The Morgan fingerprint density at radius 2 is 1.71 bits per heavy atom. The first-order valence-electron chi connectivity index (χ1n) is 5.85. The number of carboxylic acid groups (broad SMARTS) is 1. The summed E-state index contributed by atoms with van der Waals surface area (Å²) in [6.45, 7) is 3.75. The predicted molar refractivity (Wildman–Crippen MR) is 64.5 cm³/mol. The average Bonchev–Trinajstić information content (AvgIpc) is 2.12. The molecule has 0 aliphatic rings. The summed E-state index contributed by atoms with van der Waals surface area (Å²) in [6.07, 6.45) is -0.561. The normalized spacial score (nSPS) is 17.3. The zero-order valence-corrected chi connectivity index (χ0v) is 11.3. The number of quaternary nitrogens is 1. The van der Waals surface area contributed by atoms with Crippen LogP contribution < -0.4 is 0 Å². The Morgan fingerprint density at radius 3 is 2.00 bits per heavy atom. The van der Waals surface area contributed by atoms with E-state index in [0.29, 0.717) is 10.9 Å². The zero-order valence-electron chi connectivity index (χ0n) is 11.3. The molecule has 0 fully saturated rings. The summed E-state index contributed by atoms with van der Waals surface area (Å²) >= 11 is 0. The summed E-state index contributed by atoms with van der Waals surface area (Å²) in [6, 6.07) is 0. The molecule has 0 heterocycles. The second kappa shape index (κ2) is 6.12. The number of rotatable bonds is 7. The molecule has 0 aromatic rings. The molecule has 5 heteroatoms. The van der Waals surface area contributed by atoms with Crippen LogP contribution in [0.2, 0.25) is 0 Å². The number of Topliss-reactive ketones (excluding diaryl/α,β-unsaturated/α-hetero) is 1. The maximum absolute atomic E-state index is 11.9. The van der Waals surface area contributed by atoms with Crippen molar-refractivity contribution in [2.45, 2.75) is 26.4 Å². The van der Waals surface area contributed by atoms with Crippen LogP contribution in [0.15, 0.2) is 0 Å². The van der Waals surface area contributed by atoms with E-state index in [2.05, 4.69) is 0 Å². The largest absolute Gasteiger partial charge is 0.481 e. The van der Waals surface area contributed by atoms with Gasteiger partial charge in [-0.05, 0) is 6.42 Å². The number of carboxylic acids is 1. The van der Waals surface area contributed by atoms with Crippen molar-refractivity contribution in [2.75, 3.05) is 27.7 Å². The van der Waals surface area contributed by atoms with Gasteiger partial charge < -0.3 is 14.7 Å². The van der Waals surface area contributed by atoms with Crippen LogP contribution >= 0.6 is 0 Å². The number of carbonyl (C=O) groups excluding carboxylic acids is 1. The van der Waals surface area contributed by atoms with Crippen molar-refractivity contribution in [3.8, 4) is 0 Å². The molecule has 3 atom stereocenters. The van der Waals surface area contributed by atoms with E-state index in [9.17, 15) is 14.7 Å². The quantitative estimate of drug-likeness (QED) is 0.503. The summed E-state index contributed by atoms with van der Waals surface area (Å²) in [5.74, 6) is -3.28. The minimum Gasteiger partial charge on any atom is -0.481 e. The molecule has 100 valence electrons. The smallest absolute Gasteiger partial charge is 0.316 e. The lowest BCUT2D eigenvalue weighted by Gasteiger charge is -2.29. The van der Waals surface area contributed by atoms with Crippen molar-refractivity contribution in [1.29, 1.82) is 0 Å². The monoisotopic (exact) mass is 246 g/mol. The fraction of sp³-hybridized carbons (Fsp3) is 0.833. The van der Waals surface area contributed by atoms with E-state index >= 15 is 0 Å². The number of hydrogen-bond acceptors (Lipinski definition) is 3. The molecule has 0 aromatic heterocycles. The fourth-order valence-corrected chi connectivity index (χ4v) is 1.65. The highest BCUT2D eigenvalue weighted by Crippen LogP contribution is 2.16. The molecule has 0 rings (SSSR count). The van der Waals surface area contributed by atoms with Gasteiger partial charge in [-0.25, -0.2) is 0 Å². The Balaban J connectivity index is 4.86. The molecule has 0 spiro atoms. The lowest BCUT2D eigenvalue weighted by atomic mass is 9.88. The van der Waals surface area contributed by atoms with Gasteiger partial charge in [0.15, 0.2) is 5.78 Å². The van der Waals surface area contributed by atoms with Crippen LogP contribution in [0, 0.1) is 11.8 Å². The van der Waals surface area contributed by atoms with E-state index in [0.717, 1.165) is 0 Å². The highest BCUT2D eigenvalue weighted by molar-refractivity contribution is 5.99. The molecule has 0 aliphatic carbocycles. The summed E-state index contributed by atoms with van der Waals surface area (Å²) in [4.78, 5) is 23.0. The fourth-order valence-electron chi connectivity index (χ4n) is 1.65. The molecule has 5 nitrogen and oxygen atoms in total. The Labute approximate surface area is 103 Å². The lowest BCUT2D eigenvalue weighted by molar-refractivity contribution is -0.873. The summed E-state index contributed by atoms with van der Waals surface area (Å²) < 4.78 is 0.415. The lowest BCUT2D eigenvalue weighted by Crippen LogP contribution is -2.48. The summed E-state index contributed by atoms with van der Waals surface area (Å²) in [5, 5.41) is 19.0. The first-order chi connectivity index (χ1) is 7.60. The third-order valence-corrected chi connectivity index (χ3v) is 2.79. The zero-order chi connectivity index (χ0) is 13.8. The Bertz CT molecular complexity index is 283. The van der Waals surface area contributed by atoms with E-state index in [-0.39, 0.29) is 18.2 Å². The highest BCUT2D eigenvalue weighted by Gasteiger charge is 2.38. The van der Waals surface area contributed by atoms with Crippen molar-refractivity contribution < 1.29 is 24.3 Å². The predicted octanol–water partition coefficient (Wildman–Crippen LogP) is 0.369. The number of carbonyl (C=O) groups is 2. The average molecular weight is 246 g/mol. The highest BCUT2D eigenvalue weighted by atomic mass is 16.4. The van der Waals surface area contributed by atoms with E-state index in [1.54, 1.807) is 6.92 Å². The van der Waals surface area contributed by atoms with Gasteiger partial charge in [-0.1, -0.05) is 13.8 Å². The van der Waals surface area contributed by atoms with Crippen LogP contribution in [0.4, 0.5) is 0 Å². The Hall–Kier alpha value is -0.940. The minimum absolute atomic E-state index is 0.235. The van der Waals surface area contributed by atoms with E-state index in [1.165, 1.54) is 0 Å². The van der Waals surface area contributed by atoms with Crippen molar-refractivity contribution in [2.24, 2.45) is 11.8 Å². The molecular weight excluding hydrogens is 222 g/mol. The molecule has 0 amide bonds. The maximum atomic E-state index is 11.9. The first-order valence-corrected chi connectivity index (χ1v) is 5.85. The molecular formula is C12H24NO4+. The maximum Gasteiger partial charge on any atom is 0.316 e. The van der Waals surface area contributed by atoms with Gasteiger partial charge in [-0.2, -0.15) is 0 Å². The van der Waals surface area contributed by atoms with Crippen LogP contribution in [-0.4, -0.2) is 60.2 Å². The Morgan fingerprint density at radius 1 is 1.24 bits per heavy atom.